The zero-order valence-corrected chi connectivity index (χ0v) is 18.7. The number of carbonyl (C=O) groups excluding carboxylic acids is 1. The smallest absolute Gasteiger partial charge is 0.340 e. The van der Waals surface area contributed by atoms with Gasteiger partial charge < -0.3 is 19.4 Å². The molecule has 0 atom stereocenters. The molecule has 0 saturated carbocycles. The highest BCUT2D eigenvalue weighted by molar-refractivity contribution is 7.98. The van der Waals surface area contributed by atoms with Crippen molar-refractivity contribution < 1.29 is 13.6 Å². The highest BCUT2D eigenvalue weighted by Gasteiger charge is 2.20. The molecule has 0 bridgehead atoms. The molecule has 7 nitrogen and oxygen atoms in total. The van der Waals surface area contributed by atoms with Crippen LogP contribution in [0.2, 0.25) is 0 Å². The first-order chi connectivity index (χ1) is 14.8. The fraction of sp³-hybridized carbons (Fsp3) is 0.273. The Kier molecular flexibility index (Phi) is 7.19. The predicted molar refractivity (Wildman–Crippen MR) is 124 cm³/mol. The number of hydrogen-bond acceptors (Lipinski definition) is 7. The van der Waals surface area contributed by atoms with Crippen molar-refractivity contribution in [1.29, 1.82) is 0 Å². The van der Waals surface area contributed by atoms with E-state index in [2.05, 4.69) is 14.8 Å². The van der Waals surface area contributed by atoms with Gasteiger partial charge in [-0.05, 0) is 36.4 Å². The lowest BCUT2D eigenvalue weighted by molar-refractivity contribution is -0.119. The second-order valence-electron chi connectivity index (χ2n) is 7.14. The van der Waals surface area contributed by atoms with E-state index >= 15 is 4.39 Å². The highest BCUT2D eigenvalue weighted by Crippen LogP contribution is 2.28. The van der Waals surface area contributed by atoms with Crippen LogP contribution in [-0.2, 0) is 17.6 Å². The molecule has 0 aliphatic rings. The SMILES string of the molecule is CNSNc1cccc(Cc2c(CC(=O)NC)c3ccc(N(C)C)cc3oc2=O)c1F. The number of anilines is 2. The summed E-state index contributed by atoms with van der Waals surface area (Å²) < 4.78 is 26.3. The molecule has 0 saturated heterocycles. The maximum absolute atomic E-state index is 15.0. The van der Waals surface area contributed by atoms with Crippen LogP contribution in [0.25, 0.3) is 11.0 Å². The van der Waals surface area contributed by atoms with E-state index < -0.39 is 11.4 Å². The second-order valence-corrected chi connectivity index (χ2v) is 7.95. The molecule has 0 unspecified atom stereocenters. The first-order valence-corrected chi connectivity index (χ1v) is 10.5. The van der Waals surface area contributed by atoms with E-state index in [1.54, 1.807) is 31.3 Å². The quantitative estimate of drug-likeness (QED) is 0.364. The van der Waals surface area contributed by atoms with Gasteiger partial charge in [0, 0.05) is 62.4 Å². The zero-order valence-electron chi connectivity index (χ0n) is 17.8. The molecule has 0 aliphatic carbocycles. The third kappa shape index (κ3) is 5.00. The molecule has 1 amide bonds. The van der Waals surface area contributed by atoms with Gasteiger partial charge >= 0.3 is 5.63 Å². The largest absolute Gasteiger partial charge is 0.422 e. The number of benzene rings is 2. The Balaban J connectivity index is 2.14. The number of fused-ring (bicyclic) bond motifs is 1. The number of nitrogens with one attached hydrogen (secondary N) is 3. The number of hydrogen-bond donors (Lipinski definition) is 3. The number of nitrogens with zero attached hydrogens (tertiary/aromatic N) is 1. The Bertz CT molecular complexity index is 1160. The predicted octanol–water partition coefficient (Wildman–Crippen LogP) is 3.07. The molecular formula is C22H25FN4O3S. The molecule has 31 heavy (non-hydrogen) atoms. The summed E-state index contributed by atoms with van der Waals surface area (Å²) in [5, 5.41) is 3.25. The van der Waals surface area contributed by atoms with Crippen LogP contribution in [0.1, 0.15) is 16.7 Å². The lowest BCUT2D eigenvalue weighted by atomic mass is 9.95. The Morgan fingerprint density at radius 2 is 1.94 bits per heavy atom. The van der Waals surface area contributed by atoms with Crippen LogP contribution in [0.15, 0.2) is 45.6 Å². The van der Waals surface area contributed by atoms with Gasteiger partial charge in [0.05, 0.1) is 12.1 Å². The van der Waals surface area contributed by atoms with Crippen LogP contribution in [0.3, 0.4) is 0 Å². The van der Waals surface area contributed by atoms with Crippen LogP contribution in [0.4, 0.5) is 15.8 Å². The number of amides is 1. The molecule has 0 aliphatic heterocycles. The van der Waals surface area contributed by atoms with Crippen molar-refractivity contribution in [2.24, 2.45) is 0 Å². The van der Waals surface area contributed by atoms with Gasteiger partial charge in [-0.15, -0.1) is 0 Å². The first-order valence-electron chi connectivity index (χ1n) is 9.68. The summed E-state index contributed by atoms with van der Waals surface area (Å²) in [5.74, 6) is -0.704. The summed E-state index contributed by atoms with van der Waals surface area (Å²) in [6, 6.07) is 10.4. The summed E-state index contributed by atoms with van der Waals surface area (Å²) in [4.78, 5) is 27.0. The lowest BCUT2D eigenvalue weighted by Crippen LogP contribution is -2.23. The van der Waals surface area contributed by atoms with Gasteiger partial charge in [-0.1, -0.05) is 12.1 Å². The highest BCUT2D eigenvalue weighted by atomic mass is 32.2. The van der Waals surface area contributed by atoms with Crippen molar-refractivity contribution in [2.75, 3.05) is 37.8 Å². The molecule has 3 N–H and O–H groups in total. The van der Waals surface area contributed by atoms with E-state index in [4.69, 9.17) is 4.42 Å². The van der Waals surface area contributed by atoms with Crippen LogP contribution in [0, 0.1) is 5.82 Å². The molecular weight excluding hydrogens is 419 g/mol. The van der Waals surface area contributed by atoms with Crippen LogP contribution < -0.4 is 25.3 Å². The van der Waals surface area contributed by atoms with E-state index in [-0.39, 0.29) is 24.3 Å². The molecule has 9 heteroatoms. The van der Waals surface area contributed by atoms with Gasteiger partial charge in [0.15, 0.2) is 5.82 Å². The average molecular weight is 445 g/mol. The van der Waals surface area contributed by atoms with E-state index in [1.165, 1.54) is 7.05 Å². The number of rotatable bonds is 8. The monoisotopic (exact) mass is 444 g/mol. The number of carbonyl (C=O) groups is 1. The Labute approximate surface area is 184 Å². The number of halogens is 1. The zero-order chi connectivity index (χ0) is 22.5. The molecule has 1 heterocycles. The molecule has 3 aromatic rings. The summed E-state index contributed by atoms with van der Waals surface area (Å²) in [6.07, 6.45) is -0.00395. The van der Waals surface area contributed by atoms with Crippen molar-refractivity contribution in [1.82, 2.24) is 10.0 Å². The van der Waals surface area contributed by atoms with E-state index in [9.17, 15) is 9.59 Å². The third-order valence-electron chi connectivity index (χ3n) is 4.95. The van der Waals surface area contributed by atoms with Gasteiger partial charge in [-0.25, -0.2) is 13.9 Å². The van der Waals surface area contributed by atoms with Crippen LogP contribution in [0.5, 0.6) is 0 Å². The normalized spacial score (nSPS) is 10.9. The molecule has 164 valence electrons. The minimum absolute atomic E-state index is 0.00556. The van der Waals surface area contributed by atoms with Crippen molar-refractivity contribution in [3.05, 3.63) is 69.3 Å². The maximum Gasteiger partial charge on any atom is 0.340 e. The van der Waals surface area contributed by atoms with Crippen molar-refractivity contribution in [3.8, 4) is 0 Å². The average Bonchev–Trinajstić information content (AvgIpc) is 2.75. The van der Waals surface area contributed by atoms with Crippen LogP contribution >= 0.6 is 12.1 Å². The molecule has 0 radical (unpaired) electrons. The number of likely N-dealkylation sites (N-methyl/N-ethyl adjacent to an activating group) is 1. The molecule has 1 aromatic heterocycles. The summed E-state index contributed by atoms with van der Waals surface area (Å²) in [7, 11) is 7.02. The fourth-order valence-corrected chi connectivity index (χ4v) is 3.66. The minimum atomic E-state index is -0.579. The molecule has 0 fully saturated rings. The molecule has 2 aromatic carbocycles. The lowest BCUT2D eigenvalue weighted by Gasteiger charge is -2.16. The molecule has 3 rings (SSSR count). The Morgan fingerprint density at radius 3 is 2.61 bits per heavy atom. The van der Waals surface area contributed by atoms with Crippen molar-refractivity contribution in [2.45, 2.75) is 12.8 Å². The summed E-state index contributed by atoms with van der Waals surface area (Å²) in [6.45, 7) is 0. The minimum Gasteiger partial charge on any atom is -0.422 e. The standard InChI is InChI=1S/C22H25FN4O3S/c1-24-20(28)12-16-15-9-8-14(27(3)4)11-19(15)30-22(29)17(16)10-13-6-5-7-18(21(13)23)26-31-25-2/h5-9,11,25-26H,10,12H2,1-4H3,(H,24,28). The third-order valence-corrected chi connectivity index (χ3v) is 5.47. The van der Waals surface area contributed by atoms with Gasteiger partial charge in [-0.2, -0.15) is 0 Å². The van der Waals surface area contributed by atoms with Gasteiger partial charge in [0.25, 0.3) is 0 Å². The van der Waals surface area contributed by atoms with Gasteiger partial charge in [0.1, 0.15) is 5.58 Å². The van der Waals surface area contributed by atoms with Crippen molar-refractivity contribution >= 4 is 40.4 Å². The fourth-order valence-electron chi connectivity index (χ4n) is 3.29. The molecule has 0 spiro atoms. The Hall–Kier alpha value is -3.04. The van der Waals surface area contributed by atoms with Crippen LogP contribution in [-0.4, -0.2) is 34.1 Å². The Morgan fingerprint density at radius 1 is 1.16 bits per heavy atom. The van der Waals surface area contributed by atoms with E-state index in [0.717, 1.165) is 17.8 Å². The summed E-state index contributed by atoms with van der Waals surface area (Å²) in [5.41, 5.74) is 2.11. The van der Waals surface area contributed by atoms with Gasteiger partial charge in [0.2, 0.25) is 5.91 Å². The van der Waals surface area contributed by atoms with E-state index in [1.807, 2.05) is 31.1 Å². The second kappa shape index (κ2) is 9.84. The topological polar surface area (TPSA) is 86.6 Å². The summed E-state index contributed by atoms with van der Waals surface area (Å²) >= 11 is 1.14. The first kappa shape index (κ1) is 22.6. The van der Waals surface area contributed by atoms with E-state index in [0.29, 0.717) is 27.8 Å². The van der Waals surface area contributed by atoms with Gasteiger partial charge in [-0.3, -0.25) is 4.79 Å². The van der Waals surface area contributed by atoms with Crippen molar-refractivity contribution in [3.63, 3.8) is 0 Å². The maximum atomic E-state index is 15.0.